The summed E-state index contributed by atoms with van der Waals surface area (Å²) >= 11 is 7.44. The van der Waals surface area contributed by atoms with Crippen LogP contribution in [0, 0.1) is 6.92 Å². The van der Waals surface area contributed by atoms with Gasteiger partial charge in [0.15, 0.2) is 4.80 Å². The third-order valence-electron chi connectivity index (χ3n) is 4.70. The zero-order chi connectivity index (χ0) is 23.0. The Morgan fingerprint density at radius 1 is 1.34 bits per heavy atom. The van der Waals surface area contributed by atoms with Crippen molar-refractivity contribution in [1.29, 1.82) is 0 Å². The molecule has 32 heavy (non-hydrogen) atoms. The van der Waals surface area contributed by atoms with Gasteiger partial charge in [-0.2, -0.15) is 4.99 Å². The highest BCUT2D eigenvalue weighted by atomic mass is 35.5. The number of primary sulfonamides is 1. The van der Waals surface area contributed by atoms with Gasteiger partial charge in [-0.25, -0.2) is 13.6 Å². The van der Waals surface area contributed by atoms with Gasteiger partial charge in [0.05, 0.1) is 20.1 Å². The van der Waals surface area contributed by atoms with Crippen molar-refractivity contribution in [2.45, 2.75) is 18.4 Å². The SMILES string of the molecule is C=CCn1c(=NC(=O)c2c(-c3ccccc3Cl)noc2C)sc2cc(S(N)(=O)=O)ccc21. The Morgan fingerprint density at radius 2 is 2.09 bits per heavy atom. The smallest absolute Gasteiger partial charge is 0.285 e. The summed E-state index contributed by atoms with van der Waals surface area (Å²) in [5, 5.41) is 9.68. The number of carbonyl (C=O) groups is 1. The summed E-state index contributed by atoms with van der Waals surface area (Å²) in [5.74, 6) is -0.253. The van der Waals surface area contributed by atoms with Crippen LogP contribution in [0.15, 0.2) is 69.5 Å². The van der Waals surface area contributed by atoms with Crippen LogP contribution in [-0.2, 0) is 16.6 Å². The lowest BCUT2D eigenvalue weighted by molar-refractivity contribution is 0.0997. The molecule has 0 atom stereocenters. The zero-order valence-electron chi connectivity index (χ0n) is 16.8. The van der Waals surface area contributed by atoms with Gasteiger partial charge in [0.25, 0.3) is 5.91 Å². The molecule has 0 spiro atoms. The molecule has 0 saturated heterocycles. The second-order valence-corrected chi connectivity index (χ2v) is 9.80. The number of amides is 1. The van der Waals surface area contributed by atoms with Gasteiger partial charge in [0, 0.05) is 12.1 Å². The molecule has 2 N–H and O–H groups in total. The molecule has 1 amide bonds. The quantitative estimate of drug-likeness (QED) is 0.427. The van der Waals surface area contributed by atoms with Crippen molar-refractivity contribution in [1.82, 2.24) is 9.72 Å². The number of benzene rings is 2. The van der Waals surface area contributed by atoms with E-state index in [-0.39, 0.29) is 10.5 Å². The predicted octanol–water partition coefficient (Wildman–Crippen LogP) is 3.89. The van der Waals surface area contributed by atoms with E-state index in [4.69, 9.17) is 21.3 Å². The number of nitrogens with two attached hydrogens (primary N) is 1. The molecule has 4 aromatic rings. The molecule has 164 valence electrons. The van der Waals surface area contributed by atoms with Gasteiger partial charge in [0.1, 0.15) is 17.0 Å². The van der Waals surface area contributed by atoms with E-state index in [1.54, 1.807) is 47.9 Å². The van der Waals surface area contributed by atoms with E-state index in [2.05, 4.69) is 16.7 Å². The molecular weight excluding hydrogens is 472 g/mol. The number of carbonyl (C=O) groups excluding carboxylic acids is 1. The fourth-order valence-electron chi connectivity index (χ4n) is 3.23. The number of thiazole rings is 1. The maximum absolute atomic E-state index is 13.2. The van der Waals surface area contributed by atoms with Crippen LogP contribution in [0.5, 0.6) is 0 Å². The van der Waals surface area contributed by atoms with E-state index in [1.165, 1.54) is 12.1 Å². The molecule has 4 rings (SSSR count). The number of hydrogen-bond donors (Lipinski definition) is 1. The van der Waals surface area contributed by atoms with Crippen LogP contribution in [0.2, 0.25) is 5.02 Å². The lowest BCUT2D eigenvalue weighted by Crippen LogP contribution is -2.16. The van der Waals surface area contributed by atoms with E-state index < -0.39 is 15.9 Å². The molecule has 0 unspecified atom stereocenters. The van der Waals surface area contributed by atoms with Crippen LogP contribution in [0.3, 0.4) is 0 Å². The third-order valence-corrected chi connectivity index (χ3v) is 6.98. The third kappa shape index (κ3) is 4.05. The van der Waals surface area contributed by atoms with Crippen LogP contribution in [0.4, 0.5) is 0 Å². The van der Waals surface area contributed by atoms with Crippen LogP contribution in [0.25, 0.3) is 21.5 Å². The summed E-state index contributed by atoms with van der Waals surface area (Å²) in [6.45, 7) is 5.73. The number of aryl methyl sites for hydroxylation is 1. The molecule has 11 heteroatoms. The summed E-state index contributed by atoms with van der Waals surface area (Å²) in [6.07, 6.45) is 1.66. The van der Waals surface area contributed by atoms with Gasteiger partial charge in [-0.3, -0.25) is 4.79 Å². The molecule has 0 aliphatic rings. The first-order valence-corrected chi connectivity index (χ1v) is 12.0. The van der Waals surface area contributed by atoms with Crippen molar-refractivity contribution in [3.05, 3.63) is 76.3 Å². The second kappa shape index (κ2) is 8.47. The first-order chi connectivity index (χ1) is 15.2. The standard InChI is InChI=1S/C21H17ClN4O4S2/c1-3-10-26-16-9-8-13(32(23,28)29)11-17(16)31-21(26)24-20(27)18-12(2)30-25-19(18)14-6-4-5-7-15(14)22/h3-9,11H,1,10H2,2H3,(H2,23,28,29). The number of halogens is 1. The minimum Gasteiger partial charge on any atom is -0.360 e. The number of aromatic nitrogens is 2. The van der Waals surface area contributed by atoms with Crippen molar-refractivity contribution < 1.29 is 17.7 Å². The van der Waals surface area contributed by atoms with Crippen molar-refractivity contribution in [2.24, 2.45) is 10.1 Å². The Hall–Kier alpha value is -3.05. The first-order valence-electron chi connectivity index (χ1n) is 9.28. The number of fused-ring (bicyclic) bond motifs is 1. The van der Waals surface area contributed by atoms with E-state index in [0.29, 0.717) is 43.6 Å². The summed E-state index contributed by atoms with van der Waals surface area (Å²) in [4.78, 5) is 17.8. The highest BCUT2D eigenvalue weighted by molar-refractivity contribution is 7.89. The molecule has 2 aromatic heterocycles. The van der Waals surface area contributed by atoms with Gasteiger partial charge >= 0.3 is 0 Å². The highest BCUT2D eigenvalue weighted by Crippen LogP contribution is 2.31. The van der Waals surface area contributed by atoms with Gasteiger partial charge in [-0.15, -0.1) is 6.58 Å². The fraction of sp³-hybridized carbons (Fsp3) is 0.0952. The minimum absolute atomic E-state index is 0.0224. The van der Waals surface area contributed by atoms with Crippen LogP contribution >= 0.6 is 22.9 Å². The summed E-state index contributed by atoms with van der Waals surface area (Å²) < 4.78 is 31.1. The predicted molar refractivity (Wildman–Crippen MR) is 123 cm³/mol. The number of hydrogen-bond acceptors (Lipinski definition) is 6. The minimum atomic E-state index is -3.87. The van der Waals surface area contributed by atoms with E-state index in [9.17, 15) is 13.2 Å². The van der Waals surface area contributed by atoms with Crippen molar-refractivity contribution in [3.63, 3.8) is 0 Å². The lowest BCUT2D eigenvalue weighted by atomic mass is 10.1. The second-order valence-electron chi connectivity index (χ2n) is 6.82. The molecule has 2 heterocycles. The van der Waals surface area contributed by atoms with Crippen LogP contribution in [-0.4, -0.2) is 24.0 Å². The van der Waals surface area contributed by atoms with E-state index in [0.717, 1.165) is 11.3 Å². The molecular formula is C21H17ClN4O4S2. The van der Waals surface area contributed by atoms with Gasteiger partial charge < -0.3 is 9.09 Å². The lowest BCUT2D eigenvalue weighted by Gasteiger charge is -2.03. The van der Waals surface area contributed by atoms with Gasteiger partial charge in [-0.1, -0.05) is 52.4 Å². The first kappa shape index (κ1) is 22.2. The maximum atomic E-state index is 13.2. The maximum Gasteiger partial charge on any atom is 0.285 e. The van der Waals surface area contributed by atoms with Crippen LogP contribution in [0.1, 0.15) is 16.1 Å². The molecule has 8 nitrogen and oxygen atoms in total. The Morgan fingerprint density at radius 3 is 2.78 bits per heavy atom. The molecule has 0 saturated carbocycles. The summed E-state index contributed by atoms with van der Waals surface area (Å²) in [7, 11) is -3.87. The summed E-state index contributed by atoms with van der Waals surface area (Å²) in [5.41, 5.74) is 1.75. The highest BCUT2D eigenvalue weighted by Gasteiger charge is 2.23. The van der Waals surface area contributed by atoms with Gasteiger partial charge in [-0.05, 0) is 31.2 Å². The van der Waals surface area contributed by atoms with Crippen molar-refractivity contribution >= 4 is 49.1 Å². The fourth-order valence-corrected chi connectivity index (χ4v) is 5.14. The average Bonchev–Trinajstić information content (AvgIpc) is 3.28. The van der Waals surface area contributed by atoms with Crippen molar-refractivity contribution in [2.75, 3.05) is 0 Å². The van der Waals surface area contributed by atoms with Crippen molar-refractivity contribution in [3.8, 4) is 11.3 Å². The number of rotatable bonds is 5. The normalized spacial score (nSPS) is 12.4. The average molecular weight is 489 g/mol. The Bertz CT molecular complexity index is 1550. The van der Waals surface area contributed by atoms with E-state index in [1.807, 2.05) is 0 Å². The Labute approximate surface area is 192 Å². The summed E-state index contributed by atoms with van der Waals surface area (Å²) in [6, 6.07) is 11.5. The molecule has 0 aliphatic heterocycles. The number of sulfonamides is 1. The topological polar surface area (TPSA) is 121 Å². The monoisotopic (exact) mass is 488 g/mol. The van der Waals surface area contributed by atoms with Crippen LogP contribution < -0.4 is 9.94 Å². The van der Waals surface area contributed by atoms with Gasteiger partial charge in [0.2, 0.25) is 10.0 Å². The number of nitrogens with zero attached hydrogens (tertiary/aromatic N) is 3. The number of allylic oxidation sites excluding steroid dienone is 1. The molecule has 0 fully saturated rings. The Balaban J connectivity index is 1.89. The van der Waals surface area contributed by atoms with E-state index >= 15 is 0 Å². The molecule has 0 aliphatic carbocycles. The molecule has 0 bridgehead atoms. The largest absolute Gasteiger partial charge is 0.360 e. The molecule has 2 aromatic carbocycles. The zero-order valence-corrected chi connectivity index (χ0v) is 19.2. The molecule has 0 radical (unpaired) electrons. The Kier molecular flexibility index (Phi) is 5.87.